The Morgan fingerprint density at radius 3 is 1.64 bits per heavy atom. The molecule has 1 aliphatic rings. The number of fused-ring (bicyclic) bond motifs is 2. The van der Waals surface area contributed by atoms with Gasteiger partial charge in [0.2, 0.25) is 0 Å². The number of hydrogen-bond acceptors (Lipinski definition) is 10. The largest absolute Gasteiger partial charge is 0.494 e. The van der Waals surface area contributed by atoms with Gasteiger partial charge in [-0.1, -0.05) is 47.5 Å². The SMILES string of the molecule is Cc1ccc(Cl)c(-n2ncc3ccc(-c4cncc(N)c4)cc32)n1.Cc1ccc(Cl)c(-n2ncc3ccc(B4OC(C)(C)C(C)(C)O4)cc32)n1.Nc1cncc(Br)c1. The molecule has 1 saturated heterocycles. The number of anilines is 2. The zero-order valence-corrected chi connectivity index (χ0v) is 35.8. The molecule has 0 amide bonds. The van der Waals surface area contributed by atoms with Crippen LogP contribution < -0.4 is 16.9 Å². The van der Waals surface area contributed by atoms with Crippen LogP contribution in [0.4, 0.5) is 11.4 Å². The second-order valence-corrected chi connectivity index (χ2v) is 16.5. The summed E-state index contributed by atoms with van der Waals surface area (Å²) >= 11 is 15.9. The van der Waals surface area contributed by atoms with E-state index in [0.717, 1.165) is 54.3 Å². The second kappa shape index (κ2) is 16.5. The minimum atomic E-state index is -0.423. The summed E-state index contributed by atoms with van der Waals surface area (Å²) in [5.41, 5.74) is 18.3. The molecular weight excluding hydrogens is 838 g/mol. The lowest BCUT2D eigenvalue weighted by atomic mass is 9.79. The number of rotatable bonds is 4. The molecule has 0 unspecified atom stereocenters. The first kappa shape index (κ1) is 40.8. The smallest absolute Gasteiger partial charge is 0.399 e. The number of nitrogens with two attached hydrogens (primary N) is 2. The maximum atomic E-state index is 6.36. The van der Waals surface area contributed by atoms with Crippen molar-refractivity contribution in [1.29, 1.82) is 0 Å². The van der Waals surface area contributed by atoms with Crippen molar-refractivity contribution >= 4 is 84.9 Å². The summed E-state index contributed by atoms with van der Waals surface area (Å²) in [5, 5.41) is 12.1. The van der Waals surface area contributed by atoms with E-state index in [0.29, 0.717) is 33.1 Å². The fraction of sp³-hybridized carbons (Fsp3) is 0.190. The quantitative estimate of drug-likeness (QED) is 0.163. The molecule has 1 aliphatic heterocycles. The maximum absolute atomic E-state index is 6.36. The molecule has 12 nitrogen and oxygen atoms in total. The van der Waals surface area contributed by atoms with Crippen LogP contribution in [0.3, 0.4) is 0 Å². The highest BCUT2D eigenvalue weighted by Gasteiger charge is 2.51. The van der Waals surface area contributed by atoms with Crippen molar-refractivity contribution < 1.29 is 9.31 Å². The third-order valence-electron chi connectivity index (χ3n) is 9.84. The molecule has 0 bridgehead atoms. The summed E-state index contributed by atoms with van der Waals surface area (Å²) in [6.45, 7) is 12.0. The van der Waals surface area contributed by atoms with Gasteiger partial charge in [0.25, 0.3) is 0 Å². The average molecular weight is 878 g/mol. The van der Waals surface area contributed by atoms with Gasteiger partial charge < -0.3 is 20.8 Å². The van der Waals surface area contributed by atoms with Crippen LogP contribution in [0, 0.1) is 13.8 Å². The van der Waals surface area contributed by atoms with Crippen LogP contribution in [0.5, 0.6) is 0 Å². The van der Waals surface area contributed by atoms with E-state index in [1.54, 1.807) is 46.4 Å². The first-order chi connectivity index (χ1) is 27.6. The highest BCUT2D eigenvalue weighted by Crippen LogP contribution is 2.37. The van der Waals surface area contributed by atoms with E-state index < -0.39 is 7.12 Å². The summed E-state index contributed by atoms with van der Waals surface area (Å²) in [4.78, 5) is 17.0. The number of nitrogen functional groups attached to an aromatic ring is 2. The second-order valence-electron chi connectivity index (χ2n) is 14.8. The van der Waals surface area contributed by atoms with Crippen molar-refractivity contribution in [1.82, 2.24) is 39.5 Å². The Morgan fingerprint density at radius 1 is 0.603 bits per heavy atom. The molecule has 0 saturated carbocycles. The summed E-state index contributed by atoms with van der Waals surface area (Å²) in [7, 11) is -0.423. The van der Waals surface area contributed by atoms with E-state index in [1.807, 2.05) is 114 Å². The van der Waals surface area contributed by atoms with Gasteiger partial charge in [-0.05, 0) is 117 Å². The summed E-state index contributed by atoms with van der Waals surface area (Å²) in [6.07, 6.45) is 10.3. The van der Waals surface area contributed by atoms with Crippen LogP contribution in [0.15, 0.2) is 114 Å². The van der Waals surface area contributed by atoms with Gasteiger partial charge in [-0.15, -0.1) is 0 Å². The van der Waals surface area contributed by atoms with Gasteiger partial charge in [0.15, 0.2) is 11.6 Å². The van der Waals surface area contributed by atoms with Crippen molar-refractivity contribution in [2.75, 3.05) is 11.5 Å². The number of aryl methyl sites for hydroxylation is 2. The molecule has 4 N–H and O–H groups in total. The van der Waals surface area contributed by atoms with Crippen LogP contribution in [0.25, 0.3) is 44.6 Å². The van der Waals surface area contributed by atoms with Crippen molar-refractivity contribution in [2.24, 2.45) is 0 Å². The van der Waals surface area contributed by atoms with Gasteiger partial charge in [-0.2, -0.15) is 10.2 Å². The third kappa shape index (κ3) is 8.71. The van der Waals surface area contributed by atoms with Gasteiger partial charge in [0.05, 0.1) is 56.0 Å². The van der Waals surface area contributed by atoms with Crippen molar-refractivity contribution in [3.63, 3.8) is 0 Å². The molecule has 16 heteroatoms. The monoisotopic (exact) mass is 876 g/mol. The Labute approximate surface area is 354 Å². The highest BCUT2D eigenvalue weighted by atomic mass is 79.9. The van der Waals surface area contributed by atoms with E-state index in [9.17, 15) is 0 Å². The summed E-state index contributed by atoms with van der Waals surface area (Å²) in [5.74, 6) is 1.24. The zero-order valence-electron chi connectivity index (χ0n) is 32.7. The Kier molecular flexibility index (Phi) is 11.6. The fourth-order valence-electron chi connectivity index (χ4n) is 6.09. The molecule has 7 heterocycles. The molecule has 6 aromatic heterocycles. The maximum Gasteiger partial charge on any atom is 0.494 e. The van der Waals surface area contributed by atoms with Crippen LogP contribution in [-0.4, -0.2) is 57.8 Å². The van der Waals surface area contributed by atoms with Crippen molar-refractivity contribution in [2.45, 2.75) is 52.7 Å². The van der Waals surface area contributed by atoms with Crippen molar-refractivity contribution in [3.05, 3.63) is 136 Å². The molecule has 0 aliphatic carbocycles. The first-order valence-corrected chi connectivity index (χ1v) is 19.8. The summed E-state index contributed by atoms with van der Waals surface area (Å²) < 4.78 is 16.8. The van der Waals surface area contributed by atoms with E-state index in [1.165, 1.54) is 0 Å². The predicted molar refractivity (Wildman–Crippen MR) is 237 cm³/mol. The third-order valence-corrected chi connectivity index (χ3v) is 10.9. The Hall–Kier alpha value is -5.38. The first-order valence-electron chi connectivity index (χ1n) is 18.2. The Morgan fingerprint density at radius 2 is 1.12 bits per heavy atom. The minimum absolute atomic E-state index is 0.381. The Bertz CT molecular complexity index is 2740. The van der Waals surface area contributed by atoms with Crippen LogP contribution in [0.2, 0.25) is 10.0 Å². The highest BCUT2D eigenvalue weighted by molar-refractivity contribution is 9.10. The standard InChI is InChI=1S/C19H21BClN3O2.C18H14ClN5.C5H5BrN2/c1-12-6-9-15(21)17(23-12)24-16-10-14(8-7-13(16)11-22-24)20-25-18(2,3)19(4,5)26-20;1-11-2-5-16(19)18(23-11)24-17-7-12(3-4-13(17)9-22-24)14-6-15(20)10-21-8-14;6-4-1-5(7)3-8-2-4/h6-11H,1-5H3;2-10H,20H2,1H3;1-3H,7H2. The lowest BCUT2D eigenvalue weighted by Gasteiger charge is -2.32. The molecule has 58 heavy (non-hydrogen) atoms. The molecule has 0 radical (unpaired) electrons. The Balaban J connectivity index is 0.000000149. The molecular formula is C42H40BBrCl2N10O2. The molecule has 0 spiro atoms. The van der Waals surface area contributed by atoms with Gasteiger partial charge >= 0.3 is 7.12 Å². The van der Waals surface area contributed by atoms with Crippen LogP contribution >= 0.6 is 39.1 Å². The van der Waals surface area contributed by atoms with E-state index >= 15 is 0 Å². The number of aromatic nitrogens is 8. The minimum Gasteiger partial charge on any atom is -0.399 e. The fourth-order valence-corrected chi connectivity index (χ4v) is 6.84. The van der Waals surface area contributed by atoms with Gasteiger partial charge in [0.1, 0.15) is 0 Å². The topological polar surface area (TPSA) is 158 Å². The van der Waals surface area contributed by atoms with E-state index in [4.69, 9.17) is 44.0 Å². The molecule has 8 aromatic rings. The predicted octanol–water partition coefficient (Wildman–Crippen LogP) is 9.13. The van der Waals surface area contributed by atoms with Gasteiger partial charge in [-0.25, -0.2) is 19.3 Å². The molecule has 1 fully saturated rings. The van der Waals surface area contributed by atoms with Crippen LogP contribution in [0.1, 0.15) is 39.1 Å². The summed E-state index contributed by atoms with van der Waals surface area (Å²) in [6, 6.07) is 23.3. The number of hydrogen-bond donors (Lipinski definition) is 2. The number of benzene rings is 2. The van der Waals surface area contributed by atoms with Crippen LogP contribution in [-0.2, 0) is 9.31 Å². The van der Waals surface area contributed by atoms with E-state index in [-0.39, 0.29) is 11.2 Å². The normalized spacial score (nSPS) is 14.2. The number of nitrogens with zero attached hydrogens (tertiary/aromatic N) is 8. The lowest BCUT2D eigenvalue weighted by molar-refractivity contribution is 0.00578. The zero-order chi connectivity index (χ0) is 41.4. The average Bonchev–Trinajstić information content (AvgIpc) is 3.86. The number of pyridine rings is 4. The molecule has 294 valence electrons. The molecule has 2 aromatic carbocycles. The van der Waals surface area contributed by atoms with Gasteiger partial charge in [-0.3, -0.25) is 9.97 Å². The molecule has 9 rings (SSSR count). The van der Waals surface area contributed by atoms with Crippen molar-refractivity contribution in [3.8, 4) is 22.8 Å². The number of halogens is 3. The molecule has 0 atom stereocenters. The lowest BCUT2D eigenvalue weighted by Crippen LogP contribution is -2.41. The van der Waals surface area contributed by atoms with E-state index in [2.05, 4.69) is 46.1 Å². The van der Waals surface area contributed by atoms with Gasteiger partial charge in [0, 0.05) is 57.0 Å².